The molecular weight excluding hydrogens is 335 g/mol. The van der Waals surface area contributed by atoms with Gasteiger partial charge in [0.15, 0.2) is 0 Å². The van der Waals surface area contributed by atoms with E-state index in [1.165, 1.54) is 0 Å². The molecule has 0 saturated heterocycles. The van der Waals surface area contributed by atoms with Gasteiger partial charge in [0, 0.05) is 0 Å². The van der Waals surface area contributed by atoms with E-state index in [2.05, 4.69) is 11.6 Å². The summed E-state index contributed by atoms with van der Waals surface area (Å²) in [6.07, 6.45) is -13.9. The minimum absolute atomic E-state index is 1.76. The van der Waals surface area contributed by atoms with Gasteiger partial charge in [-0.15, -0.1) is 0 Å². The van der Waals surface area contributed by atoms with Gasteiger partial charge in [-0.25, -0.2) is 4.39 Å². The van der Waals surface area contributed by atoms with Crippen molar-refractivity contribution in [2.45, 2.75) is 23.3 Å². The molecule has 0 radical (unpaired) electrons. The average Bonchev–Trinajstić information content (AvgIpc) is 1.92. The van der Waals surface area contributed by atoms with Gasteiger partial charge in [-0.3, -0.25) is 0 Å². The van der Waals surface area contributed by atoms with Crippen LogP contribution in [-0.2, 0) is 14.7 Å². The van der Waals surface area contributed by atoms with E-state index in [1.807, 2.05) is 0 Å². The lowest BCUT2D eigenvalue weighted by Gasteiger charge is -2.34. The highest BCUT2D eigenvalue weighted by molar-refractivity contribution is 7.81. The molecule has 1 unspecified atom stereocenters. The van der Waals surface area contributed by atoms with Crippen molar-refractivity contribution in [3.05, 3.63) is 0 Å². The highest BCUT2D eigenvalue weighted by atomic mass is 35.5. The zero-order valence-corrected chi connectivity index (χ0v) is 8.99. The van der Waals surface area contributed by atoms with Gasteiger partial charge in [-0.1, -0.05) is 3.89 Å². The molecule has 0 spiro atoms. The first-order chi connectivity index (χ1) is 7.46. The molecule has 18 heavy (non-hydrogen) atoms. The molecule has 0 aliphatic rings. The van der Waals surface area contributed by atoms with Crippen molar-refractivity contribution in [1.82, 2.24) is 0 Å². The smallest absolute Gasteiger partial charge is 0.215 e. The predicted octanol–water partition coefficient (Wildman–Crippen LogP) is 2.91. The Bertz CT molecular complexity index is 395. The van der Waals surface area contributed by atoms with Crippen molar-refractivity contribution < 1.29 is 51.6 Å². The lowest BCUT2D eigenvalue weighted by atomic mass is 10.1. The van der Waals surface area contributed by atoms with E-state index in [0.29, 0.717) is 0 Å². The van der Waals surface area contributed by atoms with Crippen LogP contribution in [0.5, 0.6) is 0 Å². The van der Waals surface area contributed by atoms with E-state index in [1.54, 1.807) is 4.18 Å². The van der Waals surface area contributed by atoms with E-state index < -0.39 is 33.8 Å². The monoisotopic (exact) mass is 334 g/mol. The molecule has 14 heteroatoms. The van der Waals surface area contributed by atoms with Crippen LogP contribution >= 0.6 is 11.6 Å². The second-order valence-electron chi connectivity index (χ2n) is 2.65. The molecule has 0 amide bonds. The van der Waals surface area contributed by atoms with Crippen molar-refractivity contribution in [1.29, 1.82) is 0 Å². The maximum absolute atomic E-state index is 12.8. The van der Waals surface area contributed by atoms with Crippen LogP contribution in [0.4, 0.5) is 39.0 Å². The van der Waals surface area contributed by atoms with Crippen LogP contribution in [-0.4, -0.2) is 31.8 Å². The van der Waals surface area contributed by atoms with Gasteiger partial charge in [0.2, 0.25) is 0 Å². The Morgan fingerprint density at radius 1 is 0.889 bits per heavy atom. The molecule has 0 saturated carbocycles. The van der Waals surface area contributed by atoms with E-state index in [9.17, 15) is 47.4 Å². The van der Waals surface area contributed by atoms with Crippen LogP contribution in [0, 0.1) is 0 Å². The first-order valence-electron chi connectivity index (χ1n) is 3.31. The van der Waals surface area contributed by atoms with Crippen LogP contribution in [0.2, 0.25) is 0 Å². The number of alkyl halides is 9. The highest BCUT2D eigenvalue weighted by Gasteiger charge is 2.85. The Hall–Kier alpha value is -0.430. The molecule has 0 aromatic rings. The Labute approximate surface area is 97.9 Å². The number of halogens is 10. The summed E-state index contributed by atoms with van der Waals surface area (Å²) in [7, 11) is -6.87. The molecule has 0 rings (SSSR count). The fourth-order valence-corrected chi connectivity index (χ4v) is 1.26. The summed E-state index contributed by atoms with van der Waals surface area (Å²) in [6.45, 7) is 0. The van der Waals surface area contributed by atoms with E-state index >= 15 is 0 Å². The first-order valence-corrected chi connectivity index (χ1v) is 5.00. The van der Waals surface area contributed by atoms with Gasteiger partial charge in [-0.05, 0) is 11.6 Å². The zero-order valence-electron chi connectivity index (χ0n) is 7.41. The minimum Gasteiger partial charge on any atom is -0.215 e. The molecule has 0 aliphatic carbocycles. The molecular formula is C4ClF9O3S. The Kier molecular flexibility index (Phi) is 4.20. The van der Waals surface area contributed by atoms with Crippen LogP contribution in [0.25, 0.3) is 0 Å². The third kappa shape index (κ3) is 3.12. The van der Waals surface area contributed by atoms with Crippen molar-refractivity contribution in [3.63, 3.8) is 0 Å². The second kappa shape index (κ2) is 4.30. The first kappa shape index (κ1) is 17.6. The summed E-state index contributed by atoms with van der Waals surface area (Å²) in [4.78, 5) is 0. The van der Waals surface area contributed by atoms with Crippen LogP contribution in [0.15, 0.2) is 0 Å². The largest absolute Gasteiger partial charge is 0.442 e. The number of hydrogen-bond donors (Lipinski definition) is 0. The van der Waals surface area contributed by atoms with Crippen LogP contribution in [0.1, 0.15) is 0 Å². The standard InChI is InChI=1S/C4ClF9O3S/c5-2(7,8)1(6,3(9,10)11)4(12,13)17-18(14,15)16. The summed E-state index contributed by atoms with van der Waals surface area (Å²) >= 11 is 3.53. The van der Waals surface area contributed by atoms with Gasteiger partial charge >= 0.3 is 33.8 Å². The van der Waals surface area contributed by atoms with Gasteiger partial charge in [-0.2, -0.15) is 43.3 Å². The normalized spacial score (nSPS) is 18.6. The fraction of sp³-hybridized carbons (Fsp3) is 1.00. The third-order valence-corrected chi connectivity index (χ3v) is 2.06. The van der Waals surface area contributed by atoms with Gasteiger partial charge in [0.1, 0.15) is 0 Å². The number of rotatable bonds is 4. The minimum atomic E-state index is -7.06. The van der Waals surface area contributed by atoms with Crippen molar-refractivity contribution >= 4 is 22.1 Å². The van der Waals surface area contributed by atoms with Crippen molar-refractivity contribution in [3.8, 4) is 0 Å². The van der Waals surface area contributed by atoms with Crippen molar-refractivity contribution in [2.75, 3.05) is 0 Å². The quantitative estimate of drug-likeness (QED) is 0.451. The van der Waals surface area contributed by atoms with Gasteiger partial charge in [0.05, 0.1) is 0 Å². The molecule has 1 atom stereocenters. The summed E-state index contributed by atoms with van der Waals surface area (Å²) in [5.41, 5.74) is -6.96. The third-order valence-electron chi connectivity index (χ3n) is 1.39. The summed E-state index contributed by atoms with van der Waals surface area (Å²) < 4.78 is 130. The van der Waals surface area contributed by atoms with Gasteiger partial charge < -0.3 is 0 Å². The Balaban J connectivity index is 5.93. The maximum Gasteiger partial charge on any atom is 0.442 e. The second-order valence-corrected chi connectivity index (χ2v) is 4.07. The van der Waals surface area contributed by atoms with Crippen LogP contribution < -0.4 is 0 Å². The zero-order chi connectivity index (χ0) is 15.2. The Morgan fingerprint density at radius 3 is 1.39 bits per heavy atom. The van der Waals surface area contributed by atoms with E-state index in [-0.39, 0.29) is 0 Å². The fourth-order valence-electron chi connectivity index (χ4n) is 0.673. The number of hydrogen-bond acceptors (Lipinski definition) is 3. The molecule has 0 heterocycles. The lowest BCUT2D eigenvalue weighted by molar-refractivity contribution is -0.392. The maximum atomic E-state index is 12.8. The molecule has 0 aromatic heterocycles. The van der Waals surface area contributed by atoms with Gasteiger partial charge in [0.25, 0.3) is 0 Å². The molecule has 0 aliphatic heterocycles. The van der Waals surface area contributed by atoms with Crippen LogP contribution in [0.3, 0.4) is 0 Å². The SMILES string of the molecule is O=S(=O)(F)OC(F)(F)C(F)(C(F)(F)F)C(F)(F)Cl. The lowest BCUT2D eigenvalue weighted by Crippen LogP contribution is -2.65. The molecule has 110 valence electrons. The Morgan fingerprint density at radius 2 is 1.22 bits per heavy atom. The summed E-state index contributed by atoms with van der Waals surface area (Å²) in [6, 6.07) is 0. The molecule has 0 bridgehead atoms. The highest BCUT2D eigenvalue weighted by Crippen LogP contribution is 2.56. The predicted molar refractivity (Wildman–Crippen MR) is 36.8 cm³/mol. The van der Waals surface area contributed by atoms with E-state index in [0.717, 1.165) is 0 Å². The molecule has 0 N–H and O–H groups in total. The van der Waals surface area contributed by atoms with Crippen molar-refractivity contribution in [2.24, 2.45) is 0 Å². The molecule has 0 fully saturated rings. The summed E-state index contributed by atoms with van der Waals surface area (Å²) in [5.74, 6) is 0. The topological polar surface area (TPSA) is 43.4 Å². The average molecular weight is 335 g/mol. The molecule has 0 aromatic carbocycles. The van der Waals surface area contributed by atoms with E-state index in [4.69, 9.17) is 0 Å². The molecule has 3 nitrogen and oxygen atoms in total. The summed E-state index contributed by atoms with van der Waals surface area (Å²) in [5, 5.41) is -6.33.